The van der Waals surface area contributed by atoms with Crippen LogP contribution in [0.15, 0.2) is 0 Å². The third kappa shape index (κ3) is 2.14. The average molecular weight is 246 g/mol. The van der Waals surface area contributed by atoms with E-state index in [2.05, 4.69) is 0 Å². The van der Waals surface area contributed by atoms with Crippen LogP contribution in [0.4, 0.5) is 0 Å². The van der Waals surface area contributed by atoms with Crippen LogP contribution in [0.1, 0.15) is 39.0 Å². The predicted octanol–water partition coefficient (Wildman–Crippen LogP) is 1.61. The zero-order chi connectivity index (χ0) is 11.8. The number of hydrogen-bond acceptors (Lipinski definition) is 3. The summed E-state index contributed by atoms with van der Waals surface area (Å²) in [4.78, 5) is 0. The fourth-order valence-corrected chi connectivity index (χ4v) is 5.79. The first-order chi connectivity index (χ1) is 7.58. The molecule has 2 aliphatic carbocycles. The second-order valence-electron chi connectivity index (χ2n) is 5.39. The van der Waals surface area contributed by atoms with Crippen LogP contribution >= 0.6 is 0 Å². The number of aliphatic hydroxyl groups excluding tert-OH is 1. The van der Waals surface area contributed by atoms with Gasteiger partial charge in [-0.3, -0.25) is 0 Å². The predicted molar refractivity (Wildman–Crippen MR) is 63.9 cm³/mol. The quantitative estimate of drug-likeness (QED) is 0.823. The van der Waals surface area contributed by atoms with Gasteiger partial charge in [0.1, 0.15) is 0 Å². The topological polar surface area (TPSA) is 54.4 Å². The van der Waals surface area contributed by atoms with Gasteiger partial charge in [0.05, 0.1) is 5.25 Å². The summed E-state index contributed by atoms with van der Waals surface area (Å²) in [5.41, 5.74) is 0. The highest BCUT2D eigenvalue weighted by Gasteiger charge is 2.45. The summed E-state index contributed by atoms with van der Waals surface area (Å²) in [6, 6.07) is 0. The van der Waals surface area contributed by atoms with Crippen LogP contribution in [-0.4, -0.2) is 31.1 Å². The Balaban J connectivity index is 2.21. The molecule has 2 saturated carbocycles. The van der Waals surface area contributed by atoms with Gasteiger partial charge in [-0.05, 0) is 43.4 Å². The molecule has 2 bridgehead atoms. The maximum Gasteiger partial charge on any atom is 0.153 e. The van der Waals surface area contributed by atoms with Crippen molar-refractivity contribution in [1.29, 1.82) is 0 Å². The van der Waals surface area contributed by atoms with Crippen LogP contribution < -0.4 is 0 Å². The zero-order valence-corrected chi connectivity index (χ0v) is 10.7. The first-order valence-electron chi connectivity index (χ1n) is 6.41. The van der Waals surface area contributed by atoms with Crippen molar-refractivity contribution >= 4 is 9.84 Å². The molecule has 2 rings (SSSR count). The van der Waals surface area contributed by atoms with Crippen molar-refractivity contribution in [3.05, 3.63) is 0 Å². The molecule has 16 heavy (non-hydrogen) atoms. The van der Waals surface area contributed by atoms with Crippen molar-refractivity contribution in [2.75, 3.05) is 12.4 Å². The van der Waals surface area contributed by atoms with Gasteiger partial charge >= 0.3 is 0 Å². The van der Waals surface area contributed by atoms with E-state index in [1.807, 2.05) is 0 Å². The van der Waals surface area contributed by atoms with Crippen LogP contribution in [0.2, 0.25) is 0 Å². The average Bonchev–Trinajstić information content (AvgIpc) is 2.27. The molecule has 0 aromatic heterocycles. The summed E-state index contributed by atoms with van der Waals surface area (Å²) >= 11 is 0. The van der Waals surface area contributed by atoms with Gasteiger partial charge in [0.2, 0.25) is 0 Å². The third-order valence-electron chi connectivity index (χ3n) is 4.43. The molecule has 0 saturated heterocycles. The van der Waals surface area contributed by atoms with Gasteiger partial charge in [-0.1, -0.05) is 13.3 Å². The lowest BCUT2D eigenvalue weighted by Crippen LogP contribution is -2.46. The maximum atomic E-state index is 12.1. The van der Waals surface area contributed by atoms with Gasteiger partial charge in [-0.25, -0.2) is 8.42 Å². The highest BCUT2D eigenvalue weighted by Crippen LogP contribution is 2.45. The molecular formula is C12H22O3S. The lowest BCUT2D eigenvalue weighted by atomic mass is 9.68. The molecule has 0 aliphatic heterocycles. The molecule has 2 aliphatic rings. The largest absolute Gasteiger partial charge is 0.396 e. The number of hydrogen-bond donors (Lipinski definition) is 1. The highest BCUT2D eigenvalue weighted by atomic mass is 32.2. The van der Waals surface area contributed by atoms with Crippen LogP contribution in [-0.2, 0) is 9.84 Å². The van der Waals surface area contributed by atoms with E-state index in [1.54, 1.807) is 6.92 Å². The molecule has 94 valence electrons. The Morgan fingerprint density at radius 1 is 1.19 bits per heavy atom. The van der Waals surface area contributed by atoms with Gasteiger partial charge in [-0.15, -0.1) is 0 Å². The summed E-state index contributed by atoms with van der Waals surface area (Å²) in [6.07, 6.45) is 5.07. The van der Waals surface area contributed by atoms with E-state index >= 15 is 0 Å². The standard InChI is InChI=1S/C12H22O3S/c1-2-16(14,15)12-10-4-3-5-11(12)7-9(6-10)8-13/h9-13H,2-8H2,1H3. The third-order valence-corrected chi connectivity index (χ3v) is 6.83. The minimum absolute atomic E-state index is 0.103. The molecule has 0 heterocycles. The minimum Gasteiger partial charge on any atom is -0.396 e. The van der Waals surface area contributed by atoms with Crippen molar-refractivity contribution in [3.8, 4) is 0 Å². The zero-order valence-electron chi connectivity index (χ0n) is 9.93. The van der Waals surface area contributed by atoms with Gasteiger partial charge in [0.25, 0.3) is 0 Å². The van der Waals surface area contributed by atoms with Crippen LogP contribution in [0.25, 0.3) is 0 Å². The monoisotopic (exact) mass is 246 g/mol. The summed E-state index contributed by atoms with van der Waals surface area (Å²) in [5.74, 6) is 1.25. The molecule has 2 atom stereocenters. The normalized spacial score (nSPS) is 39.6. The summed E-state index contributed by atoms with van der Waals surface area (Å²) in [7, 11) is -2.89. The van der Waals surface area contributed by atoms with E-state index in [0.717, 1.165) is 25.7 Å². The summed E-state index contributed by atoms with van der Waals surface area (Å²) in [6.45, 7) is 1.98. The maximum absolute atomic E-state index is 12.1. The molecule has 2 unspecified atom stereocenters. The first kappa shape index (κ1) is 12.4. The minimum atomic E-state index is -2.89. The Hall–Kier alpha value is -0.0900. The molecule has 3 nitrogen and oxygen atoms in total. The van der Waals surface area contributed by atoms with Crippen molar-refractivity contribution in [1.82, 2.24) is 0 Å². The van der Waals surface area contributed by atoms with Gasteiger partial charge in [0, 0.05) is 12.4 Å². The van der Waals surface area contributed by atoms with E-state index in [0.29, 0.717) is 17.8 Å². The van der Waals surface area contributed by atoms with Crippen LogP contribution in [0, 0.1) is 17.8 Å². The number of sulfone groups is 1. The van der Waals surface area contributed by atoms with Crippen LogP contribution in [0.3, 0.4) is 0 Å². The highest BCUT2D eigenvalue weighted by molar-refractivity contribution is 7.92. The number of aliphatic hydroxyl groups is 1. The van der Waals surface area contributed by atoms with Gasteiger partial charge in [-0.2, -0.15) is 0 Å². The fraction of sp³-hybridized carbons (Fsp3) is 1.00. The molecule has 0 aromatic rings. The van der Waals surface area contributed by atoms with Crippen LogP contribution in [0.5, 0.6) is 0 Å². The van der Waals surface area contributed by atoms with Crippen molar-refractivity contribution in [2.45, 2.75) is 44.3 Å². The van der Waals surface area contributed by atoms with E-state index in [-0.39, 0.29) is 17.6 Å². The second kappa shape index (κ2) is 4.65. The molecular weight excluding hydrogens is 224 g/mol. The van der Waals surface area contributed by atoms with Crippen molar-refractivity contribution in [3.63, 3.8) is 0 Å². The molecule has 1 N–H and O–H groups in total. The fourth-order valence-electron chi connectivity index (χ4n) is 3.74. The van der Waals surface area contributed by atoms with E-state index in [4.69, 9.17) is 0 Å². The molecule has 0 spiro atoms. The van der Waals surface area contributed by atoms with Crippen molar-refractivity contribution < 1.29 is 13.5 Å². The second-order valence-corrected chi connectivity index (χ2v) is 7.83. The SMILES string of the molecule is CCS(=O)(=O)C1C2CCCC1CC(CO)C2. The van der Waals surface area contributed by atoms with E-state index in [1.165, 1.54) is 6.42 Å². The lowest BCUT2D eigenvalue weighted by molar-refractivity contribution is 0.0961. The van der Waals surface area contributed by atoms with Gasteiger partial charge < -0.3 is 5.11 Å². The summed E-state index contributed by atoms with van der Waals surface area (Å²) in [5, 5.41) is 9.14. The van der Waals surface area contributed by atoms with Gasteiger partial charge in [0.15, 0.2) is 9.84 Å². The van der Waals surface area contributed by atoms with E-state index in [9.17, 15) is 13.5 Å². The smallest absolute Gasteiger partial charge is 0.153 e. The molecule has 0 radical (unpaired) electrons. The Morgan fingerprint density at radius 3 is 2.19 bits per heavy atom. The Kier molecular flexibility index (Phi) is 3.59. The lowest BCUT2D eigenvalue weighted by Gasteiger charge is -2.44. The molecule has 4 heteroatoms. The molecule has 0 aromatic carbocycles. The molecule has 2 fully saturated rings. The summed E-state index contributed by atoms with van der Waals surface area (Å²) < 4.78 is 24.2. The molecule has 0 amide bonds. The Labute approximate surface area is 98.2 Å². The van der Waals surface area contributed by atoms with Crippen molar-refractivity contribution in [2.24, 2.45) is 17.8 Å². The Morgan fingerprint density at radius 2 is 1.75 bits per heavy atom. The first-order valence-corrected chi connectivity index (χ1v) is 8.12. The number of rotatable bonds is 3. The van der Waals surface area contributed by atoms with E-state index < -0.39 is 9.84 Å². The number of fused-ring (bicyclic) bond motifs is 2. The Bertz CT molecular complexity index is 322.